The quantitative estimate of drug-likeness (QED) is 0.613. The molecule has 0 amide bonds. The standard InChI is InChI=1S/C9H17NO3/c1-13-9(12)6-10-7-2-4-8(11)5-3-7/h7-8,10-11H,2-6H2,1H3/t7-,8-. The van der Waals surface area contributed by atoms with Crippen LogP contribution in [-0.4, -0.2) is 36.9 Å². The second-order valence-electron chi connectivity index (χ2n) is 3.46. The largest absolute Gasteiger partial charge is 0.468 e. The van der Waals surface area contributed by atoms with Crippen LogP contribution >= 0.6 is 0 Å². The lowest BCUT2D eigenvalue weighted by Gasteiger charge is -2.25. The van der Waals surface area contributed by atoms with Crippen LogP contribution in [0.15, 0.2) is 0 Å². The van der Waals surface area contributed by atoms with E-state index in [1.165, 1.54) is 7.11 Å². The van der Waals surface area contributed by atoms with Crippen LogP contribution in [0.25, 0.3) is 0 Å². The summed E-state index contributed by atoms with van der Waals surface area (Å²) in [5, 5.41) is 12.3. The van der Waals surface area contributed by atoms with Gasteiger partial charge in [-0.2, -0.15) is 0 Å². The predicted molar refractivity (Wildman–Crippen MR) is 48.3 cm³/mol. The van der Waals surface area contributed by atoms with E-state index in [0.29, 0.717) is 6.04 Å². The monoisotopic (exact) mass is 187 g/mol. The summed E-state index contributed by atoms with van der Waals surface area (Å²) in [6.07, 6.45) is 3.41. The number of rotatable bonds is 3. The highest BCUT2D eigenvalue weighted by Crippen LogP contribution is 2.17. The van der Waals surface area contributed by atoms with Crippen molar-refractivity contribution in [3.8, 4) is 0 Å². The number of esters is 1. The molecule has 0 spiro atoms. The number of methoxy groups -OCH3 is 1. The summed E-state index contributed by atoms with van der Waals surface area (Å²) in [4.78, 5) is 10.8. The van der Waals surface area contributed by atoms with Crippen LogP contribution < -0.4 is 5.32 Å². The first-order chi connectivity index (χ1) is 6.22. The molecule has 0 aromatic heterocycles. The topological polar surface area (TPSA) is 58.6 Å². The normalized spacial score (nSPS) is 28.5. The fraction of sp³-hybridized carbons (Fsp3) is 0.889. The lowest BCUT2D eigenvalue weighted by atomic mass is 9.93. The zero-order valence-electron chi connectivity index (χ0n) is 7.95. The van der Waals surface area contributed by atoms with Crippen LogP contribution in [-0.2, 0) is 9.53 Å². The van der Waals surface area contributed by atoms with E-state index in [0.717, 1.165) is 25.7 Å². The van der Waals surface area contributed by atoms with Crippen molar-refractivity contribution in [2.24, 2.45) is 0 Å². The van der Waals surface area contributed by atoms with Crippen LogP contribution in [0.4, 0.5) is 0 Å². The van der Waals surface area contributed by atoms with Crippen molar-refractivity contribution < 1.29 is 14.6 Å². The molecule has 0 aromatic rings. The summed E-state index contributed by atoms with van der Waals surface area (Å²) in [5.41, 5.74) is 0. The number of hydrogen-bond donors (Lipinski definition) is 2. The number of carbonyl (C=O) groups is 1. The van der Waals surface area contributed by atoms with E-state index >= 15 is 0 Å². The molecule has 0 radical (unpaired) electrons. The van der Waals surface area contributed by atoms with Crippen molar-refractivity contribution in [2.45, 2.75) is 37.8 Å². The maximum atomic E-state index is 10.8. The van der Waals surface area contributed by atoms with E-state index in [9.17, 15) is 9.90 Å². The molecule has 0 saturated heterocycles. The molecule has 1 aliphatic carbocycles. The van der Waals surface area contributed by atoms with Crippen molar-refractivity contribution >= 4 is 5.97 Å². The molecule has 1 rings (SSSR count). The van der Waals surface area contributed by atoms with Crippen molar-refractivity contribution in [1.29, 1.82) is 0 Å². The summed E-state index contributed by atoms with van der Waals surface area (Å²) in [5.74, 6) is -0.230. The van der Waals surface area contributed by atoms with Crippen LogP contribution in [0.1, 0.15) is 25.7 Å². The van der Waals surface area contributed by atoms with E-state index in [4.69, 9.17) is 0 Å². The highest BCUT2D eigenvalue weighted by molar-refractivity contribution is 5.71. The number of aliphatic hydroxyl groups excluding tert-OH is 1. The van der Waals surface area contributed by atoms with Gasteiger partial charge >= 0.3 is 5.97 Å². The Balaban J connectivity index is 2.12. The highest BCUT2D eigenvalue weighted by Gasteiger charge is 2.19. The zero-order chi connectivity index (χ0) is 9.68. The minimum Gasteiger partial charge on any atom is -0.468 e. The Kier molecular flexibility index (Phi) is 4.18. The Morgan fingerprint density at radius 3 is 2.62 bits per heavy atom. The van der Waals surface area contributed by atoms with E-state index in [2.05, 4.69) is 10.1 Å². The van der Waals surface area contributed by atoms with Gasteiger partial charge in [-0.05, 0) is 25.7 Å². The van der Waals surface area contributed by atoms with Crippen LogP contribution in [0.2, 0.25) is 0 Å². The molecule has 76 valence electrons. The summed E-state index contributed by atoms with van der Waals surface area (Å²) in [6, 6.07) is 0.363. The van der Waals surface area contributed by atoms with Gasteiger partial charge in [-0.25, -0.2) is 0 Å². The van der Waals surface area contributed by atoms with Crippen molar-refractivity contribution in [3.05, 3.63) is 0 Å². The molecule has 1 fully saturated rings. The number of carbonyl (C=O) groups excluding carboxylic acids is 1. The van der Waals surface area contributed by atoms with Crippen LogP contribution in [0.3, 0.4) is 0 Å². The smallest absolute Gasteiger partial charge is 0.319 e. The Morgan fingerprint density at radius 1 is 1.46 bits per heavy atom. The SMILES string of the molecule is COC(=O)CN[C@H]1CC[C@H](O)CC1. The Bertz CT molecular complexity index is 164. The maximum absolute atomic E-state index is 10.8. The van der Waals surface area contributed by atoms with Gasteiger partial charge in [0.1, 0.15) is 0 Å². The average Bonchev–Trinajstić information content (AvgIpc) is 2.16. The first kappa shape index (κ1) is 10.5. The summed E-state index contributed by atoms with van der Waals surface area (Å²) >= 11 is 0. The van der Waals surface area contributed by atoms with Gasteiger partial charge in [0.15, 0.2) is 0 Å². The van der Waals surface area contributed by atoms with Gasteiger partial charge in [-0.1, -0.05) is 0 Å². The maximum Gasteiger partial charge on any atom is 0.319 e. The second-order valence-corrected chi connectivity index (χ2v) is 3.46. The molecule has 1 aliphatic rings. The van der Waals surface area contributed by atoms with E-state index < -0.39 is 0 Å². The molecule has 0 heterocycles. The van der Waals surface area contributed by atoms with E-state index in [-0.39, 0.29) is 18.6 Å². The molecular formula is C9H17NO3. The van der Waals surface area contributed by atoms with Crippen molar-refractivity contribution in [1.82, 2.24) is 5.32 Å². The van der Waals surface area contributed by atoms with Crippen LogP contribution in [0, 0.1) is 0 Å². The van der Waals surface area contributed by atoms with Gasteiger partial charge in [0.25, 0.3) is 0 Å². The van der Waals surface area contributed by atoms with Crippen molar-refractivity contribution in [2.75, 3.05) is 13.7 Å². The Hall–Kier alpha value is -0.610. The molecular weight excluding hydrogens is 170 g/mol. The molecule has 0 aromatic carbocycles. The first-order valence-electron chi connectivity index (χ1n) is 4.70. The predicted octanol–water partition coefficient (Wildman–Crippen LogP) is 0.0525. The molecule has 0 unspecified atom stereocenters. The van der Waals surface area contributed by atoms with Gasteiger partial charge in [0.05, 0.1) is 19.8 Å². The lowest BCUT2D eigenvalue weighted by molar-refractivity contribution is -0.139. The zero-order valence-corrected chi connectivity index (χ0v) is 7.95. The third-order valence-corrected chi connectivity index (χ3v) is 2.46. The molecule has 4 heteroatoms. The van der Waals surface area contributed by atoms with E-state index in [1.807, 2.05) is 0 Å². The lowest BCUT2D eigenvalue weighted by Crippen LogP contribution is -2.37. The third-order valence-electron chi connectivity index (χ3n) is 2.46. The average molecular weight is 187 g/mol. The minimum atomic E-state index is -0.230. The molecule has 1 saturated carbocycles. The molecule has 0 atom stereocenters. The molecule has 0 bridgehead atoms. The third kappa shape index (κ3) is 3.74. The van der Waals surface area contributed by atoms with Gasteiger partial charge in [0, 0.05) is 6.04 Å². The number of aliphatic hydroxyl groups is 1. The summed E-state index contributed by atoms with van der Waals surface area (Å²) < 4.78 is 4.51. The molecule has 4 nitrogen and oxygen atoms in total. The molecule has 2 N–H and O–H groups in total. The van der Waals surface area contributed by atoms with Crippen molar-refractivity contribution in [3.63, 3.8) is 0 Å². The summed E-state index contributed by atoms with van der Waals surface area (Å²) in [6.45, 7) is 0.275. The second kappa shape index (κ2) is 5.19. The first-order valence-corrected chi connectivity index (χ1v) is 4.70. The minimum absolute atomic E-state index is 0.142. The van der Waals surface area contributed by atoms with Gasteiger partial charge < -0.3 is 15.2 Å². The summed E-state index contributed by atoms with van der Waals surface area (Å²) in [7, 11) is 1.38. The number of hydrogen-bond acceptors (Lipinski definition) is 4. The number of ether oxygens (including phenoxy) is 1. The Morgan fingerprint density at radius 2 is 2.08 bits per heavy atom. The number of nitrogens with one attached hydrogen (secondary N) is 1. The van der Waals surface area contributed by atoms with E-state index in [1.54, 1.807) is 0 Å². The van der Waals surface area contributed by atoms with Gasteiger partial charge in [0.2, 0.25) is 0 Å². The van der Waals surface area contributed by atoms with Crippen LogP contribution in [0.5, 0.6) is 0 Å². The molecule has 13 heavy (non-hydrogen) atoms. The van der Waals surface area contributed by atoms with Gasteiger partial charge in [-0.15, -0.1) is 0 Å². The van der Waals surface area contributed by atoms with Gasteiger partial charge in [-0.3, -0.25) is 4.79 Å². The Labute approximate surface area is 78.3 Å². The highest BCUT2D eigenvalue weighted by atomic mass is 16.5. The molecule has 0 aliphatic heterocycles. The fourth-order valence-electron chi connectivity index (χ4n) is 1.58. The fourth-order valence-corrected chi connectivity index (χ4v) is 1.58.